The molecular formula is C18H24O12. The fourth-order valence-corrected chi connectivity index (χ4v) is 1.77. The molecule has 0 radical (unpaired) electrons. The van der Waals surface area contributed by atoms with Crippen LogP contribution in [0.5, 0.6) is 0 Å². The number of aliphatic carboxylic acids is 4. The van der Waals surface area contributed by atoms with E-state index in [0.717, 1.165) is 12.2 Å². The van der Waals surface area contributed by atoms with Crippen molar-refractivity contribution in [1.29, 1.82) is 0 Å². The van der Waals surface area contributed by atoms with Crippen LogP contribution < -0.4 is 0 Å². The number of carbonyl (C=O) groups excluding carboxylic acids is 2. The zero-order valence-corrected chi connectivity index (χ0v) is 16.0. The molecule has 0 heterocycles. The van der Waals surface area contributed by atoms with Gasteiger partial charge in [0.15, 0.2) is 0 Å². The Kier molecular flexibility index (Phi) is 15.5. The van der Waals surface area contributed by atoms with E-state index < -0.39 is 60.5 Å². The van der Waals surface area contributed by atoms with Crippen molar-refractivity contribution in [2.75, 3.05) is 13.2 Å². The van der Waals surface area contributed by atoms with E-state index in [-0.39, 0.29) is 26.1 Å². The minimum Gasteiger partial charge on any atom is -0.481 e. The average Bonchev–Trinajstić information content (AvgIpc) is 2.65. The summed E-state index contributed by atoms with van der Waals surface area (Å²) in [6, 6.07) is 0. The molecule has 0 aromatic heterocycles. The largest absolute Gasteiger partial charge is 0.481 e. The Morgan fingerprint density at radius 1 is 0.667 bits per heavy atom. The molecule has 168 valence electrons. The second-order valence-electron chi connectivity index (χ2n) is 5.59. The lowest BCUT2D eigenvalue weighted by molar-refractivity contribution is -0.150. The minimum atomic E-state index is -1.22. The number of rotatable bonds is 14. The van der Waals surface area contributed by atoms with Crippen LogP contribution >= 0.6 is 0 Å². The molecule has 0 saturated heterocycles. The molecule has 0 aromatic rings. The van der Waals surface area contributed by atoms with Crippen LogP contribution in [-0.4, -0.2) is 69.5 Å². The fourth-order valence-electron chi connectivity index (χ4n) is 1.77. The molecule has 12 nitrogen and oxygen atoms in total. The first-order chi connectivity index (χ1) is 13.9. The Labute approximate surface area is 171 Å². The maximum atomic E-state index is 10.6. The summed E-state index contributed by atoms with van der Waals surface area (Å²) in [4.78, 5) is 62.8. The zero-order chi connectivity index (χ0) is 23.7. The van der Waals surface area contributed by atoms with Crippen molar-refractivity contribution in [2.45, 2.75) is 25.7 Å². The third-order valence-electron chi connectivity index (χ3n) is 3.30. The lowest BCUT2D eigenvalue weighted by Crippen LogP contribution is -2.20. The Morgan fingerprint density at radius 2 is 0.967 bits per heavy atom. The standard InChI is InChI=1S/2C9H12O6/c2*1-2-8(12)15-4-3-6(9(13)14)5-7(10)11/h2*2,6H,1,3-5H2,(H,10,11)(H,13,14). The van der Waals surface area contributed by atoms with Crippen molar-refractivity contribution in [1.82, 2.24) is 0 Å². The summed E-state index contributed by atoms with van der Waals surface area (Å²) < 4.78 is 9.08. The van der Waals surface area contributed by atoms with Crippen LogP contribution in [0, 0.1) is 11.8 Å². The van der Waals surface area contributed by atoms with Crippen molar-refractivity contribution < 1.29 is 58.7 Å². The summed E-state index contributed by atoms with van der Waals surface area (Å²) >= 11 is 0. The van der Waals surface area contributed by atoms with E-state index in [9.17, 15) is 28.8 Å². The van der Waals surface area contributed by atoms with Gasteiger partial charge in [0, 0.05) is 12.2 Å². The minimum absolute atomic E-state index is 0.0266. The normalized spacial score (nSPS) is 11.5. The smallest absolute Gasteiger partial charge is 0.330 e. The number of esters is 2. The van der Waals surface area contributed by atoms with Gasteiger partial charge < -0.3 is 29.9 Å². The van der Waals surface area contributed by atoms with E-state index in [1.54, 1.807) is 0 Å². The van der Waals surface area contributed by atoms with Crippen LogP contribution in [0.25, 0.3) is 0 Å². The summed E-state index contributed by atoms with van der Waals surface area (Å²) in [6.07, 6.45) is 0.879. The van der Waals surface area contributed by atoms with Gasteiger partial charge in [-0.05, 0) is 12.8 Å². The number of hydrogen-bond acceptors (Lipinski definition) is 8. The summed E-state index contributed by atoms with van der Waals surface area (Å²) in [5.74, 6) is -8.22. The number of hydrogen-bond donors (Lipinski definition) is 4. The van der Waals surface area contributed by atoms with Gasteiger partial charge in [-0.3, -0.25) is 19.2 Å². The average molecular weight is 432 g/mol. The quantitative estimate of drug-likeness (QED) is 0.220. The van der Waals surface area contributed by atoms with Gasteiger partial charge in [0.25, 0.3) is 0 Å². The highest BCUT2D eigenvalue weighted by Crippen LogP contribution is 2.10. The van der Waals surface area contributed by atoms with Crippen molar-refractivity contribution in [3.05, 3.63) is 25.3 Å². The van der Waals surface area contributed by atoms with Gasteiger partial charge in [0.2, 0.25) is 0 Å². The van der Waals surface area contributed by atoms with E-state index in [1.807, 2.05) is 0 Å². The highest BCUT2D eigenvalue weighted by Gasteiger charge is 2.21. The Morgan fingerprint density at radius 3 is 1.17 bits per heavy atom. The Hall–Kier alpha value is -3.70. The van der Waals surface area contributed by atoms with Crippen LogP contribution in [0.3, 0.4) is 0 Å². The molecule has 0 rings (SSSR count). The van der Waals surface area contributed by atoms with Crippen LogP contribution in [0.4, 0.5) is 0 Å². The molecule has 0 bridgehead atoms. The third-order valence-corrected chi connectivity index (χ3v) is 3.30. The van der Waals surface area contributed by atoms with Gasteiger partial charge in [0.05, 0.1) is 37.9 Å². The molecule has 0 aliphatic carbocycles. The Bertz CT molecular complexity index is 596. The first-order valence-corrected chi connectivity index (χ1v) is 8.42. The second-order valence-corrected chi connectivity index (χ2v) is 5.59. The zero-order valence-electron chi connectivity index (χ0n) is 16.0. The van der Waals surface area contributed by atoms with Crippen molar-refractivity contribution in [2.24, 2.45) is 11.8 Å². The van der Waals surface area contributed by atoms with E-state index in [2.05, 4.69) is 22.6 Å². The molecule has 30 heavy (non-hydrogen) atoms. The molecule has 4 N–H and O–H groups in total. The van der Waals surface area contributed by atoms with E-state index in [1.165, 1.54) is 0 Å². The molecule has 2 unspecified atom stereocenters. The van der Waals surface area contributed by atoms with Crippen molar-refractivity contribution in [3.8, 4) is 0 Å². The van der Waals surface area contributed by atoms with Crippen LogP contribution in [-0.2, 0) is 38.2 Å². The van der Waals surface area contributed by atoms with Crippen LogP contribution in [0.1, 0.15) is 25.7 Å². The molecule has 0 saturated carbocycles. The molecule has 0 fully saturated rings. The predicted molar refractivity (Wildman–Crippen MR) is 98.3 cm³/mol. The van der Waals surface area contributed by atoms with Crippen molar-refractivity contribution in [3.63, 3.8) is 0 Å². The van der Waals surface area contributed by atoms with Gasteiger partial charge in [-0.2, -0.15) is 0 Å². The van der Waals surface area contributed by atoms with E-state index in [0.29, 0.717) is 0 Å². The van der Waals surface area contributed by atoms with Gasteiger partial charge in [-0.15, -0.1) is 0 Å². The molecule has 0 aliphatic heterocycles. The molecule has 0 aliphatic rings. The topological polar surface area (TPSA) is 202 Å². The third kappa shape index (κ3) is 16.5. The first kappa shape index (κ1) is 28.5. The molecule has 0 spiro atoms. The summed E-state index contributed by atoms with van der Waals surface area (Å²) in [7, 11) is 0. The van der Waals surface area contributed by atoms with E-state index >= 15 is 0 Å². The highest BCUT2D eigenvalue weighted by molar-refractivity contribution is 5.82. The lowest BCUT2D eigenvalue weighted by atomic mass is 10.0. The first-order valence-electron chi connectivity index (χ1n) is 8.42. The maximum Gasteiger partial charge on any atom is 0.330 e. The van der Waals surface area contributed by atoms with Crippen LogP contribution in [0.2, 0.25) is 0 Å². The van der Waals surface area contributed by atoms with E-state index in [4.69, 9.17) is 20.4 Å². The Balaban J connectivity index is 0. The monoisotopic (exact) mass is 432 g/mol. The predicted octanol–water partition coefficient (Wildman–Crippen LogP) is 0.562. The molecular weight excluding hydrogens is 408 g/mol. The molecule has 0 amide bonds. The summed E-state index contributed by atoms with van der Waals surface area (Å²) in [5.41, 5.74) is 0. The molecule has 0 aromatic carbocycles. The molecule has 2 atom stereocenters. The fraction of sp³-hybridized carbons (Fsp3) is 0.444. The summed E-state index contributed by atoms with van der Waals surface area (Å²) in [5, 5.41) is 34.0. The number of ether oxygens (including phenoxy) is 2. The number of carbonyl (C=O) groups is 6. The SMILES string of the molecule is C=CC(=O)OCCC(CC(=O)O)C(=O)O.C=CC(=O)OCCC(CC(=O)O)C(=O)O. The lowest BCUT2D eigenvalue weighted by Gasteiger charge is -2.09. The number of carboxylic acid groups (broad SMARTS) is 4. The van der Waals surface area contributed by atoms with Gasteiger partial charge in [-0.25, -0.2) is 9.59 Å². The second kappa shape index (κ2) is 16.3. The van der Waals surface area contributed by atoms with Crippen molar-refractivity contribution >= 4 is 35.8 Å². The number of carboxylic acids is 4. The maximum absolute atomic E-state index is 10.6. The van der Waals surface area contributed by atoms with Gasteiger partial charge in [-0.1, -0.05) is 13.2 Å². The van der Waals surface area contributed by atoms with Gasteiger partial charge in [0.1, 0.15) is 0 Å². The van der Waals surface area contributed by atoms with Gasteiger partial charge >= 0.3 is 35.8 Å². The summed E-state index contributed by atoms with van der Waals surface area (Å²) in [6.45, 7) is 6.05. The van der Waals surface area contributed by atoms with Crippen LogP contribution in [0.15, 0.2) is 25.3 Å². The highest BCUT2D eigenvalue weighted by atomic mass is 16.5. The molecule has 12 heteroatoms.